The van der Waals surface area contributed by atoms with Crippen LogP contribution in [-0.2, 0) is 10.0 Å². The van der Waals surface area contributed by atoms with Crippen molar-refractivity contribution in [3.05, 3.63) is 89.4 Å². The second-order valence-electron chi connectivity index (χ2n) is 6.28. The molecule has 0 aromatic heterocycles. The molecule has 4 rings (SSSR count). The van der Waals surface area contributed by atoms with Gasteiger partial charge >= 0.3 is 0 Å². The third kappa shape index (κ3) is 3.78. The monoisotopic (exact) mass is 415 g/mol. The number of hydrogen-bond acceptors (Lipinski definition) is 3. The number of benzene rings is 3. The molecule has 27 heavy (non-hydrogen) atoms. The number of sulfonamides is 1. The Morgan fingerprint density at radius 3 is 2.15 bits per heavy atom. The smallest absolute Gasteiger partial charge is 0.207 e. The average Bonchev–Trinajstić information content (AvgIpc) is 3.20. The van der Waals surface area contributed by atoms with Gasteiger partial charge in [-0.3, -0.25) is 0 Å². The standard InChI is InChI=1S/C21H18ClNO2S2/c22-19-10-6-18(7-11-19)21-23(14-15-26-21)27(24,25)20-12-8-17(9-13-20)16-4-2-1-3-5-16/h1-13,21H,14-15H2/t21-/m1/s1. The Morgan fingerprint density at radius 2 is 1.48 bits per heavy atom. The molecule has 1 saturated heterocycles. The molecule has 0 amide bonds. The van der Waals surface area contributed by atoms with Gasteiger partial charge in [0, 0.05) is 17.3 Å². The highest BCUT2D eigenvalue weighted by Crippen LogP contribution is 2.41. The van der Waals surface area contributed by atoms with Crippen molar-refractivity contribution < 1.29 is 8.42 Å². The first kappa shape index (κ1) is 18.6. The van der Waals surface area contributed by atoms with Crippen LogP contribution in [0.5, 0.6) is 0 Å². The van der Waals surface area contributed by atoms with Crippen LogP contribution in [0.2, 0.25) is 5.02 Å². The Bertz CT molecular complexity index is 1020. The lowest BCUT2D eigenvalue weighted by Crippen LogP contribution is -2.30. The molecule has 0 N–H and O–H groups in total. The Kier molecular flexibility index (Phi) is 5.28. The van der Waals surface area contributed by atoms with Gasteiger partial charge < -0.3 is 0 Å². The van der Waals surface area contributed by atoms with Crippen LogP contribution in [0.1, 0.15) is 10.9 Å². The Morgan fingerprint density at radius 1 is 0.852 bits per heavy atom. The van der Waals surface area contributed by atoms with Crippen molar-refractivity contribution in [2.75, 3.05) is 12.3 Å². The zero-order valence-corrected chi connectivity index (χ0v) is 16.8. The van der Waals surface area contributed by atoms with E-state index in [1.165, 1.54) is 0 Å². The van der Waals surface area contributed by atoms with Crippen LogP contribution in [0.4, 0.5) is 0 Å². The van der Waals surface area contributed by atoms with Gasteiger partial charge in [-0.05, 0) is 41.0 Å². The summed E-state index contributed by atoms with van der Waals surface area (Å²) in [6.45, 7) is 0.501. The Balaban J connectivity index is 1.63. The summed E-state index contributed by atoms with van der Waals surface area (Å²) < 4.78 is 28.0. The summed E-state index contributed by atoms with van der Waals surface area (Å²) in [4.78, 5) is 0.323. The van der Waals surface area contributed by atoms with E-state index in [0.717, 1.165) is 22.4 Å². The summed E-state index contributed by atoms with van der Waals surface area (Å²) in [6.07, 6.45) is 0. The highest BCUT2D eigenvalue weighted by Gasteiger charge is 2.36. The minimum atomic E-state index is -3.57. The normalized spacial score (nSPS) is 17.9. The molecule has 0 saturated carbocycles. The molecule has 0 unspecified atom stereocenters. The second-order valence-corrected chi connectivity index (χ2v) is 9.80. The largest absolute Gasteiger partial charge is 0.244 e. The summed E-state index contributed by atoms with van der Waals surface area (Å²) in [6, 6.07) is 24.4. The lowest BCUT2D eigenvalue weighted by molar-refractivity contribution is 0.434. The molecular weight excluding hydrogens is 398 g/mol. The van der Waals surface area contributed by atoms with Gasteiger partial charge in [-0.15, -0.1) is 11.8 Å². The lowest BCUT2D eigenvalue weighted by Gasteiger charge is -2.23. The average molecular weight is 416 g/mol. The molecule has 3 aromatic rings. The molecule has 0 radical (unpaired) electrons. The molecule has 138 valence electrons. The van der Waals surface area contributed by atoms with E-state index in [1.54, 1.807) is 40.3 Å². The van der Waals surface area contributed by atoms with Crippen molar-refractivity contribution in [1.82, 2.24) is 4.31 Å². The van der Waals surface area contributed by atoms with E-state index in [4.69, 9.17) is 11.6 Å². The van der Waals surface area contributed by atoms with Gasteiger partial charge in [0.2, 0.25) is 10.0 Å². The third-order valence-corrected chi connectivity index (χ3v) is 8.10. The molecule has 1 fully saturated rings. The van der Waals surface area contributed by atoms with E-state index in [9.17, 15) is 8.42 Å². The SMILES string of the molecule is O=S(=O)(c1ccc(-c2ccccc2)cc1)N1CCS[C@@H]1c1ccc(Cl)cc1. The molecule has 1 aliphatic rings. The van der Waals surface area contributed by atoms with Crippen molar-refractivity contribution in [1.29, 1.82) is 0 Å². The van der Waals surface area contributed by atoms with Crippen LogP contribution in [0, 0.1) is 0 Å². The molecule has 1 heterocycles. The third-order valence-electron chi connectivity index (χ3n) is 4.57. The van der Waals surface area contributed by atoms with Crippen LogP contribution in [0.25, 0.3) is 11.1 Å². The summed E-state index contributed by atoms with van der Waals surface area (Å²) in [5.41, 5.74) is 3.02. The molecule has 0 spiro atoms. The van der Waals surface area contributed by atoms with Gasteiger partial charge in [0.25, 0.3) is 0 Å². The van der Waals surface area contributed by atoms with Crippen molar-refractivity contribution in [2.24, 2.45) is 0 Å². The van der Waals surface area contributed by atoms with E-state index in [0.29, 0.717) is 16.5 Å². The maximum absolute atomic E-state index is 13.2. The zero-order chi connectivity index (χ0) is 18.9. The van der Waals surface area contributed by atoms with Crippen LogP contribution in [-0.4, -0.2) is 25.0 Å². The molecular formula is C21H18ClNO2S2. The lowest BCUT2D eigenvalue weighted by atomic mass is 10.1. The fraction of sp³-hybridized carbons (Fsp3) is 0.143. The molecule has 6 heteroatoms. The number of halogens is 1. The van der Waals surface area contributed by atoms with Crippen molar-refractivity contribution in [3.63, 3.8) is 0 Å². The number of rotatable bonds is 4. The highest BCUT2D eigenvalue weighted by molar-refractivity contribution is 8.01. The number of hydrogen-bond donors (Lipinski definition) is 0. The Hall–Kier alpha value is -1.79. The van der Waals surface area contributed by atoms with Crippen LogP contribution in [0.3, 0.4) is 0 Å². The van der Waals surface area contributed by atoms with Gasteiger partial charge in [-0.25, -0.2) is 8.42 Å². The van der Waals surface area contributed by atoms with Crippen molar-refractivity contribution in [3.8, 4) is 11.1 Å². The van der Waals surface area contributed by atoms with Gasteiger partial charge in [-0.1, -0.05) is 66.2 Å². The molecule has 0 bridgehead atoms. The van der Waals surface area contributed by atoms with Crippen molar-refractivity contribution >= 4 is 33.4 Å². The highest BCUT2D eigenvalue weighted by atomic mass is 35.5. The second kappa shape index (κ2) is 7.68. The fourth-order valence-electron chi connectivity index (χ4n) is 3.18. The molecule has 1 atom stereocenters. The summed E-state index contributed by atoms with van der Waals surface area (Å²) in [7, 11) is -3.57. The molecule has 0 aliphatic carbocycles. The predicted octanol–water partition coefficient (Wildman–Crippen LogP) is 5.44. The Labute approximate surface area is 169 Å². The predicted molar refractivity (Wildman–Crippen MR) is 112 cm³/mol. The van der Waals surface area contributed by atoms with Gasteiger partial charge in [0.05, 0.1) is 10.3 Å². The zero-order valence-electron chi connectivity index (χ0n) is 14.5. The summed E-state index contributed by atoms with van der Waals surface area (Å²) >= 11 is 7.60. The van der Waals surface area contributed by atoms with Gasteiger partial charge in [0.15, 0.2) is 0 Å². The van der Waals surface area contributed by atoms with Gasteiger partial charge in [0.1, 0.15) is 0 Å². The van der Waals surface area contributed by atoms with Crippen LogP contribution < -0.4 is 0 Å². The van der Waals surface area contributed by atoms with E-state index in [2.05, 4.69) is 0 Å². The fourth-order valence-corrected chi connectivity index (χ4v) is 6.54. The first-order chi connectivity index (χ1) is 13.1. The minimum absolute atomic E-state index is 0.221. The molecule has 3 aromatic carbocycles. The van der Waals surface area contributed by atoms with Crippen molar-refractivity contribution in [2.45, 2.75) is 10.3 Å². The molecule has 3 nitrogen and oxygen atoms in total. The van der Waals surface area contributed by atoms with Gasteiger partial charge in [-0.2, -0.15) is 4.31 Å². The van der Waals surface area contributed by atoms with E-state index in [1.807, 2.05) is 54.6 Å². The number of thioether (sulfide) groups is 1. The summed E-state index contributed by atoms with van der Waals surface area (Å²) in [5, 5.41) is 0.425. The van der Waals surface area contributed by atoms with E-state index < -0.39 is 10.0 Å². The number of nitrogens with zero attached hydrogens (tertiary/aromatic N) is 1. The van der Waals surface area contributed by atoms with Crippen LogP contribution >= 0.6 is 23.4 Å². The minimum Gasteiger partial charge on any atom is -0.207 e. The van der Waals surface area contributed by atoms with E-state index in [-0.39, 0.29) is 5.37 Å². The summed E-state index contributed by atoms with van der Waals surface area (Å²) in [5.74, 6) is 0.772. The molecule has 1 aliphatic heterocycles. The maximum Gasteiger partial charge on any atom is 0.244 e. The first-order valence-corrected chi connectivity index (χ1v) is 11.5. The quantitative estimate of drug-likeness (QED) is 0.569. The first-order valence-electron chi connectivity index (χ1n) is 8.60. The van der Waals surface area contributed by atoms with Crippen LogP contribution in [0.15, 0.2) is 83.8 Å². The topological polar surface area (TPSA) is 37.4 Å². The maximum atomic E-state index is 13.2. The van der Waals surface area contributed by atoms with E-state index >= 15 is 0 Å².